The van der Waals surface area contributed by atoms with E-state index in [-0.39, 0.29) is 0 Å². The summed E-state index contributed by atoms with van der Waals surface area (Å²) in [6.07, 6.45) is 5.09. The third kappa shape index (κ3) is 4.96. The van der Waals surface area contributed by atoms with Gasteiger partial charge in [-0.1, -0.05) is 0 Å². The number of primary amides is 1. The zero-order valence-electron chi connectivity index (χ0n) is 22.1. The summed E-state index contributed by atoms with van der Waals surface area (Å²) < 4.78 is 18.4. The molecule has 5 rings (SSSR count). The number of benzene rings is 1. The fraction of sp³-hybridized carbons (Fsp3) is 0.429. The highest BCUT2D eigenvalue weighted by Gasteiger charge is 2.30. The summed E-state index contributed by atoms with van der Waals surface area (Å²) in [4.78, 5) is 21.7. The zero-order valence-corrected chi connectivity index (χ0v) is 22.1. The van der Waals surface area contributed by atoms with E-state index in [2.05, 4.69) is 37.8 Å². The van der Waals surface area contributed by atoms with Gasteiger partial charge in [-0.25, -0.2) is 9.78 Å². The quantitative estimate of drug-likeness (QED) is 0.338. The molecule has 1 fully saturated rings. The molecule has 9 heteroatoms. The molecule has 196 valence electrons. The van der Waals surface area contributed by atoms with E-state index in [1.165, 1.54) is 5.56 Å². The maximum atomic E-state index is 11.1. The fourth-order valence-corrected chi connectivity index (χ4v) is 5.39. The standard InChI is InChI=1S/C28H35N5O4/c1-28(2,37-27(29)34)8-6-17-13-33(14-17)15-18-7-9-30-26-19(18)10-22(31-26)21-16-32(3)23-12-25(36-5)24(35-4)11-20(21)23/h7,9-12,16-17H,6,8,13-15H2,1-5H3,(H2,29,34)(H,30,31). The van der Waals surface area contributed by atoms with Gasteiger partial charge in [0, 0.05) is 67.2 Å². The summed E-state index contributed by atoms with van der Waals surface area (Å²) in [7, 11) is 5.34. The van der Waals surface area contributed by atoms with Gasteiger partial charge in [-0.2, -0.15) is 0 Å². The average molecular weight is 506 g/mol. The minimum atomic E-state index is -0.713. The molecular weight excluding hydrogens is 470 g/mol. The van der Waals surface area contributed by atoms with Crippen molar-refractivity contribution in [1.29, 1.82) is 0 Å². The van der Waals surface area contributed by atoms with E-state index in [1.54, 1.807) is 14.2 Å². The number of pyridine rings is 1. The molecule has 0 radical (unpaired) electrons. The van der Waals surface area contributed by atoms with E-state index in [0.717, 1.165) is 65.7 Å². The molecule has 4 aromatic rings. The van der Waals surface area contributed by atoms with E-state index in [1.807, 2.05) is 39.2 Å². The number of fused-ring (bicyclic) bond motifs is 2. The summed E-state index contributed by atoms with van der Waals surface area (Å²) in [5.41, 5.74) is 9.97. The van der Waals surface area contributed by atoms with E-state index in [4.69, 9.17) is 19.9 Å². The van der Waals surface area contributed by atoms with Crippen LogP contribution < -0.4 is 15.2 Å². The van der Waals surface area contributed by atoms with Crippen molar-refractivity contribution < 1.29 is 19.0 Å². The van der Waals surface area contributed by atoms with E-state index in [0.29, 0.717) is 17.4 Å². The van der Waals surface area contributed by atoms with Crippen LogP contribution in [0, 0.1) is 5.92 Å². The lowest BCUT2D eigenvalue weighted by Crippen LogP contribution is -2.46. The summed E-state index contributed by atoms with van der Waals surface area (Å²) in [5.74, 6) is 2.01. The van der Waals surface area contributed by atoms with E-state index >= 15 is 0 Å². The van der Waals surface area contributed by atoms with Gasteiger partial charge >= 0.3 is 6.09 Å². The molecule has 0 aliphatic carbocycles. The Morgan fingerprint density at radius 3 is 2.59 bits per heavy atom. The summed E-state index contributed by atoms with van der Waals surface area (Å²) in [6, 6.07) is 8.34. The van der Waals surface area contributed by atoms with Crippen molar-refractivity contribution in [2.24, 2.45) is 18.7 Å². The normalized spacial score (nSPS) is 14.7. The van der Waals surface area contributed by atoms with Crippen LogP contribution in [0.4, 0.5) is 4.79 Å². The lowest BCUT2D eigenvalue weighted by Gasteiger charge is -2.40. The Bertz CT molecular complexity index is 1450. The minimum Gasteiger partial charge on any atom is -0.493 e. The number of methoxy groups -OCH3 is 2. The highest BCUT2D eigenvalue weighted by molar-refractivity contribution is 5.99. The largest absolute Gasteiger partial charge is 0.493 e. The van der Waals surface area contributed by atoms with Gasteiger partial charge in [-0.15, -0.1) is 0 Å². The van der Waals surface area contributed by atoms with Crippen molar-refractivity contribution in [3.05, 3.63) is 42.2 Å². The number of carbonyl (C=O) groups excluding carboxylic acids is 1. The van der Waals surface area contributed by atoms with Crippen LogP contribution in [-0.4, -0.2) is 58.4 Å². The second-order valence-electron chi connectivity index (χ2n) is 10.6. The molecule has 3 aromatic heterocycles. The van der Waals surface area contributed by atoms with E-state index in [9.17, 15) is 4.79 Å². The van der Waals surface area contributed by atoms with Gasteiger partial charge in [0.15, 0.2) is 11.5 Å². The number of aryl methyl sites for hydroxylation is 1. The predicted molar refractivity (Wildman–Crippen MR) is 144 cm³/mol. The first-order valence-electron chi connectivity index (χ1n) is 12.6. The Labute approximate surface area is 216 Å². The molecule has 1 saturated heterocycles. The van der Waals surface area contributed by atoms with Gasteiger partial charge in [0.25, 0.3) is 0 Å². The number of nitrogens with zero attached hydrogens (tertiary/aromatic N) is 3. The molecular formula is C28H35N5O4. The molecule has 0 bridgehead atoms. The molecule has 4 heterocycles. The molecule has 0 saturated carbocycles. The van der Waals surface area contributed by atoms with Crippen LogP contribution in [0.1, 0.15) is 32.3 Å². The molecule has 1 aromatic carbocycles. The van der Waals surface area contributed by atoms with E-state index < -0.39 is 11.7 Å². The van der Waals surface area contributed by atoms with Crippen molar-refractivity contribution in [3.63, 3.8) is 0 Å². The smallest absolute Gasteiger partial charge is 0.405 e. The topological polar surface area (TPSA) is 108 Å². The summed E-state index contributed by atoms with van der Waals surface area (Å²) >= 11 is 0. The number of ether oxygens (including phenoxy) is 3. The van der Waals surface area contributed by atoms with Crippen molar-refractivity contribution in [2.45, 2.75) is 38.8 Å². The molecule has 0 spiro atoms. The van der Waals surface area contributed by atoms with Crippen LogP contribution in [0.15, 0.2) is 36.7 Å². The molecule has 1 aliphatic heterocycles. The number of carbonyl (C=O) groups is 1. The molecule has 9 nitrogen and oxygen atoms in total. The van der Waals surface area contributed by atoms with Crippen LogP contribution in [0.3, 0.4) is 0 Å². The summed E-state index contributed by atoms with van der Waals surface area (Å²) in [6.45, 7) is 6.74. The van der Waals surface area contributed by atoms with Gasteiger partial charge in [0.1, 0.15) is 11.2 Å². The third-order valence-electron chi connectivity index (χ3n) is 7.37. The maximum absolute atomic E-state index is 11.1. The predicted octanol–water partition coefficient (Wildman–Crippen LogP) is 4.82. The van der Waals surface area contributed by atoms with Crippen LogP contribution in [-0.2, 0) is 18.3 Å². The van der Waals surface area contributed by atoms with Crippen LogP contribution in [0.25, 0.3) is 33.2 Å². The third-order valence-corrected chi connectivity index (χ3v) is 7.37. The number of aromatic amines is 1. The summed E-state index contributed by atoms with van der Waals surface area (Å²) in [5, 5.41) is 2.22. The van der Waals surface area contributed by atoms with Crippen molar-refractivity contribution in [3.8, 4) is 22.8 Å². The number of likely N-dealkylation sites (tertiary alicyclic amines) is 1. The minimum absolute atomic E-state index is 0.526. The fourth-order valence-electron chi connectivity index (χ4n) is 5.39. The highest BCUT2D eigenvalue weighted by Crippen LogP contribution is 2.39. The highest BCUT2D eigenvalue weighted by atomic mass is 16.6. The lowest BCUT2D eigenvalue weighted by molar-refractivity contribution is 0.0185. The van der Waals surface area contributed by atoms with Gasteiger partial charge < -0.3 is 29.5 Å². The molecule has 0 unspecified atom stereocenters. The van der Waals surface area contributed by atoms with Crippen LogP contribution >= 0.6 is 0 Å². The van der Waals surface area contributed by atoms with Gasteiger partial charge in [-0.05, 0) is 56.4 Å². The number of H-pyrrole nitrogens is 1. The van der Waals surface area contributed by atoms with Crippen molar-refractivity contribution >= 4 is 28.0 Å². The number of aromatic nitrogens is 3. The first-order chi connectivity index (χ1) is 17.7. The number of amides is 1. The first kappa shape index (κ1) is 25.0. The Balaban J connectivity index is 1.33. The molecule has 0 atom stereocenters. The monoisotopic (exact) mass is 505 g/mol. The Morgan fingerprint density at radius 1 is 1.16 bits per heavy atom. The number of nitrogens with one attached hydrogen (secondary N) is 1. The van der Waals surface area contributed by atoms with Gasteiger partial charge in [-0.3, -0.25) is 4.90 Å². The molecule has 37 heavy (non-hydrogen) atoms. The van der Waals surface area contributed by atoms with Crippen LogP contribution in [0.5, 0.6) is 11.5 Å². The maximum Gasteiger partial charge on any atom is 0.405 e. The van der Waals surface area contributed by atoms with Crippen molar-refractivity contribution in [1.82, 2.24) is 19.4 Å². The van der Waals surface area contributed by atoms with Gasteiger partial charge in [0.05, 0.1) is 19.7 Å². The number of hydrogen-bond acceptors (Lipinski definition) is 6. The second-order valence-corrected chi connectivity index (χ2v) is 10.6. The molecule has 1 aliphatic rings. The number of nitrogens with two attached hydrogens (primary N) is 1. The molecule has 3 N–H and O–H groups in total. The first-order valence-corrected chi connectivity index (χ1v) is 12.6. The molecule has 1 amide bonds. The Hall–Kier alpha value is -3.72. The number of hydrogen-bond donors (Lipinski definition) is 2. The number of rotatable bonds is 9. The SMILES string of the molecule is COc1cc2c(-c3cc4c(CN5CC(CCC(C)(C)OC(N)=O)C5)ccnc4[nH]3)cn(C)c2cc1OC. The average Bonchev–Trinajstić information content (AvgIpc) is 3.39. The Morgan fingerprint density at radius 2 is 1.89 bits per heavy atom. The van der Waals surface area contributed by atoms with Gasteiger partial charge in [0.2, 0.25) is 0 Å². The second kappa shape index (κ2) is 9.63. The Kier molecular flexibility index (Phi) is 6.49. The van der Waals surface area contributed by atoms with Crippen LogP contribution in [0.2, 0.25) is 0 Å². The van der Waals surface area contributed by atoms with Crippen molar-refractivity contribution in [2.75, 3.05) is 27.3 Å². The lowest BCUT2D eigenvalue weighted by atomic mass is 9.89. The zero-order chi connectivity index (χ0) is 26.3.